The number of ether oxygens (including phenoxy) is 2. The van der Waals surface area contributed by atoms with Crippen LogP contribution < -0.4 is 5.32 Å². The quantitative estimate of drug-likeness (QED) is 0.376. The zero-order valence-electron chi connectivity index (χ0n) is 13.8. The Labute approximate surface area is 135 Å². The second-order valence-electron chi connectivity index (χ2n) is 5.70. The summed E-state index contributed by atoms with van der Waals surface area (Å²) in [6, 6.07) is 6.34. The van der Waals surface area contributed by atoms with Gasteiger partial charge in [0.05, 0.1) is 18.7 Å². The van der Waals surface area contributed by atoms with Crippen molar-refractivity contribution in [2.24, 2.45) is 5.16 Å². The van der Waals surface area contributed by atoms with Gasteiger partial charge in [-0.25, -0.2) is 9.59 Å². The predicted octanol–water partition coefficient (Wildman–Crippen LogP) is 2.57. The first kappa shape index (κ1) is 18.5. The molecule has 0 heterocycles. The molecule has 7 heteroatoms. The normalized spacial score (nSPS) is 11.7. The highest BCUT2D eigenvalue weighted by molar-refractivity contribution is 6.03. The molecular weight excluding hydrogens is 300 g/mol. The Morgan fingerprint density at radius 1 is 1.17 bits per heavy atom. The molecule has 0 aliphatic heterocycles. The molecular formula is C16H22N2O5. The molecule has 0 spiro atoms. The van der Waals surface area contributed by atoms with Gasteiger partial charge in [0.15, 0.2) is 0 Å². The van der Waals surface area contributed by atoms with E-state index in [0.717, 1.165) is 0 Å². The topological polar surface area (TPSA) is 97.2 Å². The van der Waals surface area contributed by atoms with Crippen LogP contribution in [0.3, 0.4) is 0 Å². The monoisotopic (exact) mass is 322 g/mol. The smallest absolute Gasteiger partial charge is 0.407 e. The summed E-state index contributed by atoms with van der Waals surface area (Å²) in [5.74, 6) is -0.423. The van der Waals surface area contributed by atoms with Crippen molar-refractivity contribution in [1.82, 2.24) is 5.32 Å². The first-order valence-corrected chi connectivity index (χ1v) is 7.22. The van der Waals surface area contributed by atoms with Gasteiger partial charge in [-0.3, -0.25) is 0 Å². The molecule has 1 amide bonds. The van der Waals surface area contributed by atoms with Gasteiger partial charge in [0.1, 0.15) is 11.3 Å². The van der Waals surface area contributed by atoms with Crippen molar-refractivity contribution in [1.29, 1.82) is 0 Å². The molecule has 0 saturated carbocycles. The number of hydrogen-bond acceptors (Lipinski definition) is 6. The molecule has 7 nitrogen and oxygen atoms in total. The first-order valence-electron chi connectivity index (χ1n) is 7.22. The molecule has 1 rings (SSSR count). The van der Waals surface area contributed by atoms with E-state index in [4.69, 9.17) is 14.7 Å². The molecule has 0 bridgehead atoms. The fraction of sp³-hybridized carbons (Fsp3) is 0.438. The second-order valence-corrected chi connectivity index (χ2v) is 5.70. The average Bonchev–Trinajstić information content (AvgIpc) is 2.47. The maximum absolute atomic E-state index is 11.6. The van der Waals surface area contributed by atoms with E-state index in [2.05, 4.69) is 10.5 Å². The first-order chi connectivity index (χ1) is 10.8. The Balaban J connectivity index is 2.68. The van der Waals surface area contributed by atoms with Crippen molar-refractivity contribution >= 4 is 17.8 Å². The Morgan fingerprint density at radius 2 is 1.74 bits per heavy atom. The van der Waals surface area contributed by atoms with Crippen LogP contribution in [0.25, 0.3) is 0 Å². The van der Waals surface area contributed by atoms with Crippen molar-refractivity contribution in [3.63, 3.8) is 0 Å². The van der Waals surface area contributed by atoms with Crippen molar-refractivity contribution in [2.45, 2.75) is 33.3 Å². The van der Waals surface area contributed by atoms with E-state index in [-0.39, 0.29) is 12.3 Å². The minimum absolute atomic E-state index is 0.00976. The van der Waals surface area contributed by atoms with Crippen molar-refractivity contribution in [3.8, 4) is 0 Å². The Morgan fingerprint density at radius 3 is 2.22 bits per heavy atom. The van der Waals surface area contributed by atoms with Crippen LogP contribution in [0.4, 0.5) is 4.79 Å². The SMILES string of the molecule is CCOC(=O)c1ccc(/C(CNC(=O)OC(C)(C)C)=N/O)cc1. The predicted molar refractivity (Wildman–Crippen MR) is 85.0 cm³/mol. The van der Waals surface area contributed by atoms with Crippen molar-refractivity contribution in [2.75, 3.05) is 13.2 Å². The van der Waals surface area contributed by atoms with Crippen molar-refractivity contribution < 1.29 is 24.3 Å². The number of esters is 1. The van der Waals surface area contributed by atoms with Crippen LogP contribution in [0.15, 0.2) is 29.4 Å². The molecule has 1 aromatic rings. The second kappa shape index (κ2) is 8.17. The standard InChI is InChI=1S/C16H22N2O5/c1-5-22-14(19)12-8-6-11(7-9-12)13(18-21)10-17-15(20)23-16(2,3)4/h6-9,21H,5,10H2,1-4H3,(H,17,20)/b18-13+. The van der Waals surface area contributed by atoms with Crippen LogP contribution in [0.1, 0.15) is 43.6 Å². The molecule has 1 aromatic carbocycles. The zero-order valence-corrected chi connectivity index (χ0v) is 13.8. The molecule has 23 heavy (non-hydrogen) atoms. The third-order valence-corrected chi connectivity index (χ3v) is 2.65. The number of carbonyl (C=O) groups is 2. The van der Waals surface area contributed by atoms with Crippen LogP contribution in [0.2, 0.25) is 0 Å². The number of nitrogens with zero attached hydrogens (tertiary/aromatic N) is 1. The number of hydrogen-bond donors (Lipinski definition) is 2. The van der Waals surface area contributed by atoms with Gasteiger partial charge in [0.2, 0.25) is 0 Å². The largest absolute Gasteiger partial charge is 0.462 e. The van der Waals surface area contributed by atoms with E-state index in [9.17, 15) is 9.59 Å². The Bertz CT molecular complexity index is 573. The minimum atomic E-state index is -0.609. The Hall–Kier alpha value is -2.57. The third kappa shape index (κ3) is 6.37. The van der Waals surface area contributed by atoms with Gasteiger partial charge in [0.25, 0.3) is 0 Å². The number of nitrogens with one attached hydrogen (secondary N) is 1. The van der Waals surface area contributed by atoms with Gasteiger partial charge in [-0.1, -0.05) is 17.3 Å². The number of amides is 1. The fourth-order valence-electron chi connectivity index (χ4n) is 1.68. The third-order valence-electron chi connectivity index (χ3n) is 2.65. The number of oxime groups is 1. The number of carbonyl (C=O) groups excluding carboxylic acids is 2. The van der Waals surface area contributed by atoms with Crippen LogP contribution in [0, 0.1) is 0 Å². The summed E-state index contributed by atoms with van der Waals surface area (Å²) in [7, 11) is 0. The molecule has 0 aliphatic carbocycles. The van der Waals surface area contributed by atoms with Gasteiger partial charge in [-0.05, 0) is 39.8 Å². The molecule has 0 unspecified atom stereocenters. The number of benzene rings is 1. The minimum Gasteiger partial charge on any atom is -0.462 e. The lowest BCUT2D eigenvalue weighted by atomic mass is 10.1. The number of alkyl carbamates (subject to hydrolysis) is 1. The summed E-state index contributed by atoms with van der Waals surface area (Å²) in [6.45, 7) is 7.27. The maximum atomic E-state index is 11.6. The lowest BCUT2D eigenvalue weighted by Crippen LogP contribution is -2.35. The van der Waals surface area contributed by atoms with Crippen LogP contribution in [-0.2, 0) is 9.47 Å². The van der Waals surface area contributed by atoms with Gasteiger partial charge in [-0.15, -0.1) is 0 Å². The summed E-state index contributed by atoms with van der Waals surface area (Å²) < 4.78 is 9.99. The van der Waals surface area contributed by atoms with Crippen LogP contribution in [0.5, 0.6) is 0 Å². The van der Waals surface area contributed by atoms with Crippen LogP contribution >= 0.6 is 0 Å². The highest BCUT2D eigenvalue weighted by Crippen LogP contribution is 2.09. The van der Waals surface area contributed by atoms with Crippen LogP contribution in [-0.4, -0.2) is 41.7 Å². The fourth-order valence-corrected chi connectivity index (χ4v) is 1.68. The zero-order chi connectivity index (χ0) is 17.5. The molecule has 0 atom stereocenters. The molecule has 126 valence electrons. The van der Waals surface area contributed by atoms with Gasteiger partial charge < -0.3 is 20.0 Å². The van der Waals surface area contributed by atoms with Gasteiger partial charge >= 0.3 is 12.1 Å². The summed E-state index contributed by atoms with van der Waals surface area (Å²) in [6.07, 6.45) is -0.609. The highest BCUT2D eigenvalue weighted by Gasteiger charge is 2.17. The average molecular weight is 322 g/mol. The molecule has 0 radical (unpaired) electrons. The maximum Gasteiger partial charge on any atom is 0.407 e. The molecule has 0 saturated heterocycles. The lowest BCUT2D eigenvalue weighted by Gasteiger charge is -2.19. The van der Waals surface area contributed by atoms with E-state index in [1.807, 2.05) is 0 Å². The van der Waals surface area contributed by atoms with E-state index in [1.165, 1.54) is 0 Å². The summed E-state index contributed by atoms with van der Waals surface area (Å²) in [5, 5.41) is 14.8. The van der Waals surface area contributed by atoms with E-state index >= 15 is 0 Å². The van der Waals surface area contributed by atoms with Crippen molar-refractivity contribution in [3.05, 3.63) is 35.4 Å². The molecule has 0 aromatic heterocycles. The highest BCUT2D eigenvalue weighted by atomic mass is 16.6. The van der Waals surface area contributed by atoms with E-state index in [1.54, 1.807) is 52.0 Å². The summed E-state index contributed by atoms with van der Waals surface area (Å²) in [4.78, 5) is 23.2. The summed E-state index contributed by atoms with van der Waals surface area (Å²) >= 11 is 0. The van der Waals surface area contributed by atoms with Gasteiger partial charge in [-0.2, -0.15) is 0 Å². The number of rotatable bonds is 5. The molecule has 2 N–H and O–H groups in total. The van der Waals surface area contributed by atoms with E-state index < -0.39 is 17.7 Å². The summed E-state index contributed by atoms with van der Waals surface area (Å²) in [5.41, 5.74) is 0.595. The molecule has 0 fully saturated rings. The lowest BCUT2D eigenvalue weighted by molar-refractivity contribution is 0.0520. The Kier molecular flexibility index (Phi) is 6.56. The molecule has 0 aliphatic rings. The van der Waals surface area contributed by atoms with Gasteiger partial charge in [0, 0.05) is 5.56 Å². The van der Waals surface area contributed by atoms with E-state index in [0.29, 0.717) is 17.7 Å².